The number of hydrogen-bond acceptors (Lipinski definition) is 4. The molecule has 3 aromatic heterocycles. The first-order valence-corrected chi connectivity index (χ1v) is 17.3. The predicted molar refractivity (Wildman–Crippen MR) is 206 cm³/mol. The lowest BCUT2D eigenvalue weighted by atomic mass is 9.87. The molecule has 4 heterocycles. The molecule has 5 heteroatoms. The van der Waals surface area contributed by atoms with Crippen molar-refractivity contribution in [3.8, 4) is 33.9 Å². The van der Waals surface area contributed by atoms with Gasteiger partial charge in [0.2, 0.25) is 0 Å². The van der Waals surface area contributed by atoms with E-state index in [1.54, 1.807) is 11.3 Å². The van der Waals surface area contributed by atoms with Crippen LogP contribution in [0.4, 0.5) is 17.1 Å². The van der Waals surface area contributed by atoms with Gasteiger partial charge in [0.25, 0.3) is 0 Å². The Labute approximate surface area is 285 Å². The van der Waals surface area contributed by atoms with Crippen molar-refractivity contribution >= 4 is 81.0 Å². The Morgan fingerprint density at radius 2 is 1.24 bits per heavy atom. The van der Waals surface area contributed by atoms with E-state index in [1.807, 2.05) is 12.3 Å². The summed E-state index contributed by atoms with van der Waals surface area (Å²) in [5.74, 6) is 0.723. The lowest BCUT2D eigenvalue weighted by Crippen LogP contribution is -2.15. The Kier molecular flexibility index (Phi) is 5.51. The molecule has 228 valence electrons. The van der Waals surface area contributed by atoms with Crippen LogP contribution in [0.15, 0.2) is 152 Å². The Bertz CT molecular complexity index is 2950. The SMILES string of the molecule is c1c[nH]c(-c2nc(-c3cccc4c(N5c6ccc7ccccc7c6-c6cccc7cccc5c67)cccc34)nc3c2sc2ccccc23)c1. The van der Waals surface area contributed by atoms with Crippen LogP contribution in [0.2, 0.25) is 0 Å². The van der Waals surface area contributed by atoms with Crippen molar-refractivity contribution in [3.05, 3.63) is 152 Å². The van der Waals surface area contributed by atoms with E-state index in [0.717, 1.165) is 54.8 Å². The number of nitrogens with one attached hydrogen (secondary N) is 1. The minimum Gasteiger partial charge on any atom is -0.360 e. The number of aromatic amines is 1. The summed E-state index contributed by atoms with van der Waals surface area (Å²) in [6, 6.07) is 52.4. The monoisotopic (exact) mass is 642 g/mol. The van der Waals surface area contributed by atoms with Crippen LogP contribution in [-0.2, 0) is 0 Å². The minimum atomic E-state index is 0.723. The smallest absolute Gasteiger partial charge is 0.161 e. The van der Waals surface area contributed by atoms with Crippen molar-refractivity contribution in [1.29, 1.82) is 0 Å². The molecule has 0 atom stereocenters. The van der Waals surface area contributed by atoms with Gasteiger partial charge in [0.05, 0.1) is 33.0 Å². The van der Waals surface area contributed by atoms with Crippen molar-refractivity contribution in [2.45, 2.75) is 0 Å². The molecule has 11 rings (SSSR count). The van der Waals surface area contributed by atoms with Gasteiger partial charge < -0.3 is 9.88 Å². The molecule has 10 aromatic rings. The van der Waals surface area contributed by atoms with Crippen molar-refractivity contribution in [3.63, 3.8) is 0 Å². The Morgan fingerprint density at radius 3 is 2.16 bits per heavy atom. The molecular weight excluding hydrogens is 617 g/mol. The second kappa shape index (κ2) is 10.1. The third kappa shape index (κ3) is 3.79. The van der Waals surface area contributed by atoms with Crippen LogP contribution in [-0.4, -0.2) is 15.0 Å². The largest absolute Gasteiger partial charge is 0.360 e. The molecule has 0 saturated heterocycles. The Hall–Kier alpha value is -6.30. The van der Waals surface area contributed by atoms with Crippen molar-refractivity contribution in [2.24, 2.45) is 0 Å². The quantitative estimate of drug-likeness (QED) is 0.209. The fraction of sp³-hybridized carbons (Fsp3) is 0. The van der Waals surface area contributed by atoms with E-state index in [4.69, 9.17) is 9.97 Å². The van der Waals surface area contributed by atoms with Crippen LogP contribution in [0.25, 0.3) is 86.5 Å². The highest BCUT2D eigenvalue weighted by atomic mass is 32.1. The van der Waals surface area contributed by atoms with Crippen molar-refractivity contribution < 1.29 is 0 Å². The first-order chi connectivity index (χ1) is 24.3. The van der Waals surface area contributed by atoms with E-state index >= 15 is 0 Å². The van der Waals surface area contributed by atoms with Crippen LogP contribution in [0, 0.1) is 0 Å². The van der Waals surface area contributed by atoms with Crippen LogP contribution in [0.3, 0.4) is 0 Å². The molecule has 0 radical (unpaired) electrons. The van der Waals surface area contributed by atoms with Gasteiger partial charge in [-0.15, -0.1) is 11.3 Å². The summed E-state index contributed by atoms with van der Waals surface area (Å²) in [6.45, 7) is 0. The molecule has 0 aliphatic carbocycles. The highest BCUT2D eigenvalue weighted by Gasteiger charge is 2.28. The molecule has 4 nitrogen and oxygen atoms in total. The van der Waals surface area contributed by atoms with Crippen LogP contribution >= 0.6 is 11.3 Å². The predicted octanol–water partition coefficient (Wildman–Crippen LogP) is 12.4. The van der Waals surface area contributed by atoms with Crippen LogP contribution < -0.4 is 4.90 Å². The normalized spacial score (nSPS) is 12.4. The molecular formula is C44H26N4S. The average Bonchev–Trinajstić information content (AvgIpc) is 3.83. The summed E-state index contributed by atoms with van der Waals surface area (Å²) in [7, 11) is 0. The van der Waals surface area contributed by atoms with Crippen molar-refractivity contribution in [2.75, 3.05) is 4.90 Å². The fourth-order valence-electron chi connectivity index (χ4n) is 7.89. The maximum atomic E-state index is 5.30. The molecule has 0 amide bonds. The third-order valence-electron chi connectivity index (χ3n) is 9.99. The molecule has 1 aliphatic rings. The molecule has 0 bridgehead atoms. The second-order valence-electron chi connectivity index (χ2n) is 12.6. The molecule has 7 aromatic carbocycles. The van der Waals surface area contributed by atoms with Gasteiger partial charge in [0.15, 0.2) is 5.82 Å². The summed E-state index contributed by atoms with van der Waals surface area (Å²) in [4.78, 5) is 16.5. The van der Waals surface area contributed by atoms with E-state index < -0.39 is 0 Å². The number of hydrogen-bond donors (Lipinski definition) is 1. The summed E-state index contributed by atoms with van der Waals surface area (Å²) < 4.78 is 2.31. The molecule has 0 saturated carbocycles. The standard InChI is InChI=1S/C44H26N4S/c1-2-13-28-26(10-1)23-24-37-40(28)33-18-5-11-27-12-6-21-36(39(27)33)48(37)35-20-8-15-29-30(35)16-7-17-31(29)44-46-41-32-14-3-4-22-38(32)49-43(41)42(47-44)34-19-9-25-45-34/h1-25,45H. The molecule has 1 aliphatic heterocycles. The van der Waals surface area contributed by atoms with E-state index in [1.165, 1.54) is 48.7 Å². The number of fused-ring (bicyclic) bond motifs is 8. The lowest BCUT2D eigenvalue weighted by Gasteiger charge is -2.35. The number of thiophene rings is 1. The van der Waals surface area contributed by atoms with Gasteiger partial charge >= 0.3 is 0 Å². The first kappa shape index (κ1) is 26.7. The van der Waals surface area contributed by atoms with Gasteiger partial charge in [-0.2, -0.15) is 0 Å². The number of H-pyrrole nitrogens is 1. The van der Waals surface area contributed by atoms with Crippen LogP contribution in [0.1, 0.15) is 0 Å². The van der Waals surface area contributed by atoms with E-state index in [2.05, 4.69) is 149 Å². The second-order valence-corrected chi connectivity index (χ2v) is 13.7. The van der Waals surface area contributed by atoms with E-state index in [-0.39, 0.29) is 0 Å². The number of anilines is 3. The van der Waals surface area contributed by atoms with Gasteiger partial charge in [0, 0.05) is 38.2 Å². The van der Waals surface area contributed by atoms with Gasteiger partial charge in [-0.05, 0) is 63.5 Å². The Morgan fingerprint density at radius 1 is 0.510 bits per heavy atom. The van der Waals surface area contributed by atoms with Crippen molar-refractivity contribution in [1.82, 2.24) is 15.0 Å². The number of rotatable bonds is 3. The first-order valence-electron chi connectivity index (χ1n) is 16.5. The summed E-state index contributed by atoms with van der Waals surface area (Å²) in [5, 5.41) is 8.43. The average molecular weight is 643 g/mol. The summed E-state index contributed by atoms with van der Waals surface area (Å²) >= 11 is 1.75. The number of benzene rings is 7. The molecule has 1 N–H and O–H groups in total. The van der Waals surface area contributed by atoms with E-state index in [9.17, 15) is 0 Å². The van der Waals surface area contributed by atoms with Gasteiger partial charge in [0.1, 0.15) is 5.69 Å². The molecule has 0 spiro atoms. The maximum absolute atomic E-state index is 5.30. The topological polar surface area (TPSA) is 44.8 Å². The maximum Gasteiger partial charge on any atom is 0.161 e. The van der Waals surface area contributed by atoms with Gasteiger partial charge in [-0.3, -0.25) is 0 Å². The minimum absolute atomic E-state index is 0.723. The lowest BCUT2D eigenvalue weighted by molar-refractivity contribution is 1.23. The third-order valence-corrected chi connectivity index (χ3v) is 11.2. The summed E-state index contributed by atoms with van der Waals surface area (Å²) in [6.07, 6.45) is 1.96. The zero-order chi connectivity index (χ0) is 32.1. The van der Waals surface area contributed by atoms with E-state index in [0.29, 0.717) is 0 Å². The molecule has 0 unspecified atom stereocenters. The zero-order valence-corrected chi connectivity index (χ0v) is 27.0. The fourth-order valence-corrected chi connectivity index (χ4v) is 9.04. The zero-order valence-electron chi connectivity index (χ0n) is 26.2. The summed E-state index contributed by atoms with van der Waals surface area (Å²) in [5.41, 5.74) is 9.96. The van der Waals surface area contributed by atoms with Gasteiger partial charge in [-0.1, -0.05) is 109 Å². The highest BCUT2D eigenvalue weighted by molar-refractivity contribution is 7.26. The van der Waals surface area contributed by atoms with Gasteiger partial charge in [-0.25, -0.2) is 9.97 Å². The highest BCUT2D eigenvalue weighted by Crippen LogP contribution is 2.54. The number of nitrogens with zero attached hydrogens (tertiary/aromatic N) is 3. The van der Waals surface area contributed by atoms with Crippen LogP contribution in [0.5, 0.6) is 0 Å². The molecule has 0 fully saturated rings. The molecule has 49 heavy (non-hydrogen) atoms. The Balaban J connectivity index is 1.20. The number of aromatic nitrogens is 3.